The van der Waals surface area contributed by atoms with Crippen molar-refractivity contribution in [3.05, 3.63) is 71.3 Å². The van der Waals surface area contributed by atoms with Crippen LogP contribution in [0, 0.1) is 13.8 Å². The summed E-state index contributed by atoms with van der Waals surface area (Å²) < 4.78 is 5.40. The van der Waals surface area contributed by atoms with E-state index in [-0.39, 0.29) is 6.61 Å². The first-order valence-electron chi connectivity index (χ1n) is 9.27. The highest BCUT2D eigenvalue weighted by Gasteiger charge is 2.09. The predicted molar refractivity (Wildman–Crippen MR) is 111 cm³/mol. The molecule has 0 spiro atoms. The van der Waals surface area contributed by atoms with Crippen molar-refractivity contribution >= 4 is 16.8 Å². The molecule has 0 unspecified atom stereocenters. The second kappa shape index (κ2) is 7.71. The standard InChI is InChI=1S/C22H21N5O2/c1-13-8-20(16-4-3-5-17(11-16)29-12-21(23)28)25-19-7-6-15(9-18(13)19)10-22-24-14(2)26-27-22/h3-9,11H,10,12H2,1-2H3,(H2,23,28)(H,24,26,27). The number of ether oxygens (including phenoxy) is 1. The summed E-state index contributed by atoms with van der Waals surface area (Å²) in [6.45, 7) is 3.81. The number of carbonyl (C=O) groups excluding carboxylic acids is 1. The van der Waals surface area contributed by atoms with Gasteiger partial charge in [-0.15, -0.1) is 0 Å². The minimum atomic E-state index is -0.508. The Hall–Kier alpha value is -3.74. The van der Waals surface area contributed by atoms with Crippen LogP contribution < -0.4 is 10.5 Å². The van der Waals surface area contributed by atoms with Crippen LogP contribution in [0.1, 0.15) is 22.8 Å². The highest BCUT2D eigenvalue weighted by Crippen LogP contribution is 2.27. The van der Waals surface area contributed by atoms with Gasteiger partial charge in [0, 0.05) is 17.4 Å². The molecule has 0 atom stereocenters. The molecule has 0 aliphatic carbocycles. The minimum Gasteiger partial charge on any atom is -0.484 e. The van der Waals surface area contributed by atoms with Crippen LogP contribution in [0.4, 0.5) is 0 Å². The van der Waals surface area contributed by atoms with Crippen molar-refractivity contribution in [1.29, 1.82) is 0 Å². The van der Waals surface area contributed by atoms with Crippen molar-refractivity contribution in [2.45, 2.75) is 20.3 Å². The molecule has 1 amide bonds. The molecule has 0 saturated heterocycles. The number of aryl methyl sites for hydroxylation is 2. The number of benzene rings is 2. The highest BCUT2D eigenvalue weighted by atomic mass is 16.5. The lowest BCUT2D eigenvalue weighted by molar-refractivity contribution is -0.119. The Bertz CT molecular complexity index is 1200. The third-order valence-electron chi connectivity index (χ3n) is 4.60. The number of hydrogen-bond acceptors (Lipinski definition) is 5. The first-order valence-corrected chi connectivity index (χ1v) is 9.27. The number of aromatic nitrogens is 4. The molecular weight excluding hydrogens is 366 g/mol. The number of primary amides is 1. The van der Waals surface area contributed by atoms with E-state index in [9.17, 15) is 4.79 Å². The van der Waals surface area contributed by atoms with Crippen LogP contribution >= 0.6 is 0 Å². The van der Waals surface area contributed by atoms with Gasteiger partial charge in [-0.25, -0.2) is 9.97 Å². The molecule has 2 aromatic heterocycles. The minimum absolute atomic E-state index is 0.152. The molecule has 29 heavy (non-hydrogen) atoms. The van der Waals surface area contributed by atoms with E-state index >= 15 is 0 Å². The van der Waals surface area contributed by atoms with Crippen molar-refractivity contribution in [3.8, 4) is 17.0 Å². The lowest BCUT2D eigenvalue weighted by Gasteiger charge is -2.10. The summed E-state index contributed by atoms with van der Waals surface area (Å²) in [4.78, 5) is 20.1. The smallest absolute Gasteiger partial charge is 0.255 e. The second-order valence-electron chi connectivity index (χ2n) is 6.97. The molecule has 4 aromatic rings. The average molecular weight is 387 g/mol. The maximum atomic E-state index is 10.9. The van der Waals surface area contributed by atoms with Crippen LogP contribution in [0.2, 0.25) is 0 Å². The van der Waals surface area contributed by atoms with Crippen LogP contribution in [0.25, 0.3) is 22.2 Å². The number of nitrogens with one attached hydrogen (secondary N) is 1. The van der Waals surface area contributed by atoms with Gasteiger partial charge in [-0.1, -0.05) is 18.2 Å². The normalized spacial score (nSPS) is 11.0. The van der Waals surface area contributed by atoms with Crippen LogP contribution in [0.15, 0.2) is 48.5 Å². The number of H-pyrrole nitrogens is 1. The van der Waals surface area contributed by atoms with Crippen molar-refractivity contribution in [2.75, 3.05) is 6.61 Å². The molecular formula is C22H21N5O2. The zero-order valence-corrected chi connectivity index (χ0v) is 16.3. The molecule has 0 fully saturated rings. The average Bonchev–Trinajstić information content (AvgIpc) is 3.11. The van der Waals surface area contributed by atoms with Gasteiger partial charge in [-0.2, -0.15) is 5.10 Å². The first kappa shape index (κ1) is 18.6. The lowest BCUT2D eigenvalue weighted by Crippen LogP contribution is -2.19. The second-order valence-corrected chi connectivity index (χ2v) is 6.97. The van der Waals surface area contributed by atoms with Crippen molar-refractivity contribution in [3.63, 3.8) is 0 Å². The van der Waals surface area contributed by atoms with E-state index in [1.54, 1.807) is 6.07 Å². The summed E-state index contributed by atoms with van der Waals surface area (Å²) >= 11 is 0. The van der Waals surface area contributed by atoms with Crippen LogP contribution in [-0.2, 0) is 11.2 Å². The van der Waals surface area contributed by atoms with Gasteiger partial charge in [0.05, 0.1) is 11.2 Å². The van der Waals surface area contributed by atoms with Gasteiger partial charge in [0.25, 0.3) is 5.91 Å². The monoisotopic (exact) mass is 387 g/mol. The van der Waals surface area contributed by atoms with Gasteiger partial charge in [0.2, 0.25) is 0 Å². The van der Waals surface area contributed by atoms with E-state index in [1.807, 2.05) is 31.2 Å². The molecule has 2 aromatic carbocycles. The molecule has 0 radical (unpaired) electrons. The van der Waals surface area contributed by atoms with E-state index in [0.29, 0.717) is 12.2 Å². The molecule has 0 bridgehead atoms. The highest BCUT2D eigenvalue weighted by molar-refractivity contribution is 5.85. The Kier molecular flexibility index (Phi) is 4.95. The molecule has 4 rings (SSSR count). The predicted octanol–water partition coefficient (Wildman–Crippen LogP) is 3.09. The fourth-order valence-corrected chi connectivity index (χ4v) is 3.25. The topological polar surface area (TPSA) is 107 Å². The van der Waals surface area contributed by atoms with Crippen LogP contribution in [0.3, 0.4) is 0 Å². The van der Waals surface area contributed by atoms with Gasteiger partial charge in [0.1, 0.15) is 11.6 Å². The summed E-state index contributed by atoms with van der Waals surface area (Å²) in [5, 5.41) is 8.18. The van der Waals surface area contributed by atoms with Gasteiger partial charge in [0.15, 0.2) is 12.4 Å². The number of carbonyl (C=O) groups is 1. The molecule has 0 aliphatic heterocycles. The Labute approximate surface area is 168 Å². The van der Waals surface area contributed by atoms with Gasteiger partial charge in [-0.3, -0.25) is 9.89 Å². The Morgan fingerprint density at radius 2 is 1.97 bits per heavy atom. The zero-order valence-electron chi connectivity index (χ0n) is 16.3. The van der Waals surface area contributed by atoms with Crippen molar-refractivity contribution in [1.82, 2.24) is 20.2 Å². The fourth-order valence-electron chi connectivity index (χ4n) is 3.25. The zero-order chi connectivity index (χ0) is 20.4. The number of amides is 1. The number of rotatable bonds is 6. The van der Waals surface area contributed by atoms with Crippen molar-refractivity contribution in [2.24, 2.45) is 5.73 Å². The summed E-state index contributed by atoms with van der Waals surface area (Å²) in [6.07, 6.45) is 0.667. The SMILES string of the molecule is Cc1nc(Cc2ccc3nc(-c4cccc(OCC(N)=O)c4)cc(C)c3c2)n[nH]1. The number of nitrogens with two attached hydrogens (primary N) is 1. The molecule has 7 nitrogen and oxygen atoms in total. The summed E-state index contributed by atoms with van der Waals surface area (Å²) in [5.41, 5.74) is 10.1. The Balaban J connectivity index is 1.64. The number of fused-ring (bicyclic) bond motifs is 1. The first-order chi connectivity index (χ1) is 14.0. The van der Waals surface area contributed by atoms with E-state index in [0.717, 1.165) is 44.9 Å². The largest absolute Gasteiger partial charge is 0.484 e. The lowest BCUT2D eigenvalue weighted by atomic mass is 10.0. The molecule has 3 N–H and O–H groups in total. The molecule has 0 saturated carbocycles. The van der Waals surface area contributed by atoms with E-state index in [2.05, 4.69) is 40.3 Å². The van der Waals surface area contributed by atoms with E-state index < -0.39 is 5.91 Å². The van der Waals surface area contributed by atoms with Gasteiger partial charge < -0.3 is 10.5 Å². The number of hydrogen-bond donors (Lipinski definition) is 2. The number of nitrogens with zero attached hydrogens (tertiary/aromatic N) is 3. The third-order valence-corrected chi connectivity index (χ3v) is 4.60. The number of pyridine rings is 1. The van der Waals surface area contributed by atoms with Crippen LogP contribution in [0.5, 0.6) is 5.75 Å². The quantitative estimate of drug-likeness (QED) is 0.529. The summed E-state index contributed by atoms with van der Waals surface area (Å²) in [6, 6.07) is 15.7. The Morgan fingerprint density at radius 1 is 1.10 bits per heavy atom. The maximum absolute atomic E-state index is 10.9. The van der Waals surface area contributed by atoms with Gasteiger partial charge in [-0.05, 0) is 55.3 Å². The molecule has 146 valence electrons. The van der Waals surface area contributed by atoms with E-state index in [4.69, 9.17) is 15.5 Å². The number of aromatic amines is 1. The summed E-state index contributed by atoms with van der Waals surface area (Å²) in [7, 11) is 0. The van der Waals surface area contributed by atoms with Crippen LogP contribution in [-0.4, -0.2) is 32.7 Å². The van der Waals surface area contributed by atoms with Crippen molar-refractivity contribution < 1.29 is 9.53 Å². The fraction of sp³-hybridized carbons (Fsp3) is 0.182. The molecule has 7 heteroatoms. The molecule has 0 aliphatic rings. The Morgan fingerprint density at radius 3 is 2.72 bits per heavy atom. The molecule has 2 heterocycles. The maximum Gasteiger partial charge on any atom is 0.255 e. The third kappa shape index (κ3) is 4.24. The summed E-state index contributed by atoms with van der Waals surface area (Å²) in [5.74, 6) is 1.66. The van der Waals surface area contributed by atoms with Gasteiger partial charge >= 0.3 is 0 Å². The van der Waals surface area contributed by atoms with E-state index in [1.165, 1.54) is 0 Å².